The van der Waals surface area contributed by atoms with Gasteiger partial charge in [-0.2, -0.15) is 4.98 Å². The number of esters is 1. The molecule has 3 fully saturated rings. The van der Waals surface area contributed by atoms with Crippen molar-refractivity contribution in [2.45, 2.75) is 31.5 Å². The Kier molecular flexibility index (Phi) is 8.14. The molecule has 208 valence electrons. The zero-order valence-corrected chi connectivity index (χ0v) is 22.4. The molecular weight excluding hydrogens is 538 g/mol. The molecule has 0 amide bonds. The van der Waals surface area contributed by atoms with Crippen LogP contribution in [0.5, 0.6) is 0 Å². The Labute approximate surface area is 237 Å². The number of nitrogens with one attached hydrogen (secondary N) is 1. The number of ether oxygens (including phenoxy) is 1. The largest absolute Gasteiger partial charge is 1.00 e. The molecule has 0 radical (unpaired) electrons. The minimum absolute atomic E-state index is 0. The second-order valence-electron chi connectivity index (χ2n) is 10.5. The maximum absolute atomic E-state index is 13.8. The molecule has 1 unspecified atom stereocenters. The average Bonchev–Trinajstić information content (AvgIpc) is 3.41. The predicted octanol–water partition coefficient (Wildman–Crippen LogP) is 2.52. The first-order valence-corrected chi connectivity index (χ1v) is 13.2. The van der Waals surface area contributed by atoms with E-state index in [1.165, 1.54) is 24.3 Å². The molecule has 4 aromatic rings. The molecule has 7 rings (SSSR count). The lowest BCUT2D eigenvalue weighted by atomic mass is 9.83. The topological polar surface area (TPSA) is 77.2 Å². The van der Waals surface area contributed by atoms with Crippen LogP contribution in [0, 0.1) is 17.6 Å². The highest BCUT2D eigenvalue weighted by Crippen LogP contribution is 2.38. The number of piperidine rings is 3. The van der Waals surface area contributed by atoms with E-state index in [1.807, 2.05) is 30.3 Å². The smallest absolute Gasteiger partial charge is 0.333 e. The van der Waals surface area contributed by atoms with Crippen molar-refractivity contribution >= 4 is 11.7 Å². The van der Waals surface area contributed by atoms with Gasteiger partial charge < -0.3 is 31.5 Å². The summed E-state index contributed by atoms with van der Waals surface area (Å²) in [5.74, 6) is 0.0839. The van der Waals surface area contributed by atoms with Crippen molar-refractivity contribution in [3.8, 4) is 11.5 Å². The van der Waals surface area contributed by atoms with Crippen LogP contribution in [0.1, 0.15) is 30.3 Å². The number of hydrogen-bond acceptors (Lipinski definition) is 6. The molecule has 3 aromatic carbocycles. The second-order valence-corrected chi connectivity index (χ2v) is 10.5. The average molecular weight is 567 g/mol. The van der Waals surface area contributed by atoms with Crippen molar-refractivity contribution in [1.82, 2.24) is 10.1 Å². The number of rotatable bonds is 8. The maximum Gasteiger partial charge on any atom is 0.333 e. The number of anilines is 1. The van der Waals surface area contributed by atoms with Gasteiger partial charge in [-0.3, -0.25) is 0 Å². The number of hydrogen-bond donors (Lipinski definition) is 1. The maximum atomic E-state index is 13.8. The van der Waals surface area contributed by atoms with Crippen LogP contribution >= 0.6 is 0 Å². The fourth-order valence-electron chi connectivity index (χ4n) is 5.79. The Morgan fingerprint density at radius 1 is 1.00 bits per heavy atom. The van der Waals surface area contributed by atoms with E-state index in [9.17, 15) is 13.6 Å². The van der Waals surface area contributed by atoms with Crippen molar-refractivity contribution in [2.24, 2.45) is 5.92 Å². The van der Waals surface area contributed by atoms with Gasteiger partial charge in [0.05, 0.1) is 13.1 Å². The summed E-state index contributed by atoms with van der Waals surface area (Å²) in [5.41, 5.74) is 1.85. The number of quaternary nitrogens is 1. The molecule has 2 bridgehead atoms. The highest BCUT2D eigenvalue weighted by Gasteiger charge is 2.48. The lowest BCUT2D eigenvalue weighted by Crippen LogP contribution is -3.00. The van der Waals surface area contributed by atoms with Gasteiger partial charge in [0, 0.05) is 30.0 Å². The number of carbonyl (C=O) groups is 1. The van der Waals surface area contributed by atoms with E-state index in [4.69, 9.17) is 9.26 Å². The molecule has 1 N–H and O–H groups in total. The van der Waals surface area contributed by atoms with E-state index < -0.39 is 23.6 Å². The Bertz CT molecular complexity index is 1440. The number of carbonyl (C=O) groups excluding carboxylic acids is 1. The Balaban J connectivity index is 0.00000323. The first-order chi connectivity index (χ1) is 19.0. The quantitative estimate of drug-likeness (QED) is 0.261. The Hall–Kier alpha value is -3.82. The van der Waals surface area contributed by atoms with Crippen LogP contribution in [0.2, 0.25) is 0 Å². The summed E-state index contributed by atoms with van der Waals surface area (Å²) in [6, 6.07) is 20.3. The fraction of sp³-hybridized carbons (Fsp3) is 0.300. The molecule has 2 atom stereocenters. The molecule has 1 aromatic heterocycles. The van der Waals surface area contributed by atoms with Gasteiger partial charge in [-0.15, -0.1) is 0 Å². The van der Waals surface area contributed by atoms with Gasteiger partial charge in [0.25, 0.3) is 5.89 Å². The zero-order chi connectivity index (χ0) is 26.8. The van der Waals surface area contributed by atoms with Crippen LogP contribution in [0.3, 0.4) is 0 Å². The van der Waals surface area contributed by atoms with Gasteiger partial charge in [0.2, 0.25) is 5.82 Å². The number of benzene rings is 3. The SMILES string of the molecule is O=C(O[C@H]1C[N+]2(Cc3noc(-c4ccccc4)n3)CCC1CC2)C(Nc1cccc(F)c1)c1ccc(F)cc1.[Cl-]. The summed E-state index contributed by atoms with van der Waals surface area (Å²) in [6.07, 6.45) is 1.58. The first-order valence-electron chi connectivity index (χ1n) is 13.2. The van der Waals surface area contributed by atoms with Gasteiger partial charge in [0.1, 0.15) is 24.7 Å². The van der Waals surface area contributed by atoms with E-state index in [0.717, 1.165) is 36.0 Å². The van der Waals surface area contributed by atoms with E-state index in [-0.39, 0.29) is 24.4 Å². The molecule has 0 saturated carbocycles. The van der Waals surface area contributed by atoms with E-state index in [1.54, 1.807) is 24.3 Å². The summed E-state index contributed by atoms with van der Waals surface area (Å²) in [7, 11) is 0. The Morgan fingerprint density at radius 3 is 2.48 bits per heavy atom. The molecular formula is C30H29ClF2N4O3. The van der Waals surface area contributed by atoms with Crippen LogP contribution in [0.15, 0.2) is 83.4 Å². The molecule has 0 spiro atoms. The molecule has 0 aliphatic carbocycles. The van der Waals surface area contributed by atoms with Crippen molar-refractivity contribution in [3.05, 3.63) is 102 Å². The van der Waals surface area contributed by atoms with Crippen LogP contribution in [-0.4, -0.2) is 46.3 Å². The van der Waals surface area contributed by atoms with Crippen molar-refractivity contribution in [1.29, 1.82) is 0 Å². The fourth-order valence-corrected chi connectivity index (χ4v) is 5.79. The normalized spacial score (nSPS) is 22.2. The van der Waals surface area contributed by atoms with Crippen molar-refractivity contribution in [2.75, 3.05) is 25.0 Å². The molecule has 4 heterocycles. The first kappa shape index (κ1) is 27.7. The van der Waals surface area contributed by atoms with Gasteiger partial charge in [0.15, 0.2) is 12.1 Å². The summed E-state index contributed by atoms with van der Waals surface area (Å²) in [5, 5.41) is 7.31. The lowest BCUT2D eigenvalue weighted by Gasteiger charge is -2.51. The standard InChI is InChI=1S/C30H29F2N4O3.ClH/c31-23-11-9-21(10-12-23)28(33-25-8-4-7-24(32)17-25)30(37)38-26-18-36(15-13-20(26)14-16-36)19-27-34-29(39-35-27)22-5-2-1-3-6-22;/h1-12,17,20,26,28,33H,13-16,18-19H2;1H/q+1;/p-1/t20?,26-,28?,36?;/m0./s1. The van der Waals surface area contributed by atoms with Gasteiger partial charge in [-0.1, -0.05) is 41.6 Å². The molecule has 3 aliphatic heterocycles. The Morgan fingerprint density at radius 2 is 1.75 bits per heavy atom. The van der Waals surface area contributed by atoms with Crippen LogP contribution in [-0.2, 0) is 16.1 Å². The highest BCUT2D eigenvalue weighted by molar-refractivity contribution is 5.81. The zero-order valence-electron chi connectivity index (χ0n) is 21.7. The summed E-state index contributed by atoms with van der Waals surface area (Å²) in [6.45, 7) is 3.16. The van der Waals surface area contributed by atoms with Gasteiger partial charge in [-0.05, 0) is 48.0 Å². The van der Waals surface area contributed by atoms with Crippen LogP contribution < -0.4 is 17.7 Å². The number of halogens is 3. The summed E-state index contributed by atoms with van der Waals surface area (Å²) >= 11 is 0. The molecule has 7 nitrogen and oxygen atoms in total. The van der Waals surface area contributed by atoms with Crippen molar-refractivity contribution < 1.29 is 39.7 Å². The third-order valence-electron chi connectivity index (χ3n) is 7.85. The highest BCUT2D eigenvalue weighted by atomic mass is 35.5. The predicted molar refractivity (Wildman–Crippen MR) is 140 cm³/mol. The number of fused-ring (bicyclic) bond motifs is 3. The van der Waals surface area contributed by atoms with E-state index in [0.29, 0.717) is 36.1 Å². The minimum atomic E-state index is -0.915. The van der Waals surface area contributed by atoms with E-state index >= 15 is 0 Å². The monoisotopic (exact) mass is 566 g/mol. The molecule has 40 heavy (non-hydrogen) atoms. The van der Waals surface area contributed by atoms with Gasteiger partial charge >= 0.3 is 5.97 Å². The minimum Gasteiger partial charge on any atom is -1.00 e. The number of nitrogens with zero attached hydrogens (tertiary/aromatic N) is 3. The molecule has 10 heteroatoms. The van der Waals surface area contributed by atoms with Gasteiger partial charge in [-0.25, -0.2) is 13.6 Å². The van der Waals surface area contributed by atoms with Crippen LogP contribution in [0.25, 0.3) is 11.5 Å². The summed E-state index contributed by atoms with van der Waals surface area (Å²) < 4.78 is 39.9. The molecule has 3 aliphatic rings. The number of aromatic nitrogens is 2. The van der Waals surface area contributed by atoms with Crippen molar-refractivity contribution in [3.63, 3.8) is 0 Å². The lowest BCUT2D eigenvalue weighted by molar-refractivity contribution is -0.958. The van der Waals surface area contributed by atoms with Crippen LogP contribution in [0.4, 0.5) is 14.5 Å². The third-order valence-corrected chi connectivity index (χ3v) is 7.85. The summed E-state index contributed by atoms with van der Waals surface area (Å²) in [4.78, 5) is 18.2. The third kappa shape index (κ3) is 6.00. The van der Waals surface area contributed by atoms with E-state index in [2.05, 4.69) is 15.5 Å². The molecule has 3 saturated heterocycles. The second kappa shape index (κ2) is 11.7.